The molecule has 0 bridgehead atoms. The van der Waals surface area contributed by atoms with Crippen LogP contribution in [0.4, 0.5) is 0 Å². The van der Waals surface area contributed by atoms with Crippen molar-refractivity contribution in [3.63, 3.8) is 0 Å². The number of nitrogens with one attached hydrogen (secondary N) is 1. The van der Waals surface area contributed by atoms with Gasteiger partial charge in [-0.1, -0.05) is 19.1 Å². The summed E-state index contributed by atoms with van der Waals surface area (Å²) in [6.45, 7) is 3.37. The van der Waals surface area contributed by atoms with Gasteiger partial charge in [-0.25, -0.2) is 0 Å². The van der Waals surface area contributed by atoms with Crippen molar-refractivity contribution in [3.05, 3.63) is 29.8 Å². The Bertz CT molecular complexity index is 281. The van der Waals surface area contributed by atoms with Crippen LogP contribution in [0.15, 0.2) is 24.3 Å². The minimum absolute atomic E-state index is 0.342. The average molecular weight is 177 g/mol. The fourth-order valence-corrected chi connectivity index (χ4v) is 1.96. The molecular weight excluding hydrogens is 162 g/mol. The zero-order chi connectivity index (χ0) is 9.26. The smallest absolute Gasteiger partial charge is 0.115 e. The van der Waals surface area contributed by atoms with Crippen molar-refractivity contribution < 1.29 is 5.11 Å². The summed E-state index contributed by atoms with van der Waals surface area (Å²) < 4.78 is 0. The number of hydrogen-bond acceptors (Lipinski definition) is 2. The highest BCUT2D eigenvalue weighted by Gasteiger charge is 2.23. The van der Waals surface area contributed by atoms with Gasteiger partial charge in [-0.2, -0.15) is 0 Å². The Kier molecular flexibility index (Phi) is 2.23. The highest BCUT2D eigenvalue weighted by Crippen LogP contribution is 2.29. The molecule has 2 rings (SSSR count). The first kappa shape index (κ1) is 8.57. The fourth-order valence-electron chi connectivity index (χ4n) is 1.96. The quantitative estimate of drug-likeness (QED) is 0.688. The molecule has 2 nitrogen and oxygen atoms in total. The summed E-state index contributed by atoms with van der Waals surface area (Å²) in [5, 5.41) is 12.6. The van der Waals surface area contributed by atoms with E-state index in [4.69, 9.17) is 5.11 Å². The molecule has 0 radical (unpaired) electrons. The van der Waals surface area contributed by atoms with Crippen LogP contribution in [0.5, 0.6) is 5.75 Å². The standard InChI is InChI=1S/C11H15NO/c1-8-6-7-12-11(8)9-2-4-10(13)5-3-9/h2-5,8,11-13H,6-7H2,1H3/t8-,11-/m1/s1. The van der Waals surface area contributed by atoms with E-state index in [1.165, 1.54) is 12.0 Å². The van der Waals surface area contributed by atoms with E-state index < -0.39 is 0 Å². The molecule has 2 heteroatoms. The van der Waals surface area contributed by atoms with Gasteiger partial charge in [0.05, 0.1) is 0 Å². The Labute approximate surface area is 78.6 Å². The molecule has 13 heavy (non-hydrogen) atoms. The molecule has 2 atom stereocenters. The van der Waals surface area contributed by atoms with Crippen LogP contribution in [0.25, 0.3) is 0 Å². The van der Waals surface area contributed by atoms with Gasteiger partial charge in [0, 0.05) is 6.04 Å². The monoisotopic (exact) mass is 177 g/mol. The first-order valence-corrected chi connectivity index (χ1v) is 4.79. The van der Waals surface area contributed by atoms with Crippen LogP contribution >= 0.6 is 0 Å². The van der Waals surface area contributed by atoms with E-state index in [9.17, 15) is 0 Å². The summed E-state index contributed by atoms with van der Waals surface area (Å²) >= 11 is 0. The van der Waals surface area contributed by atoms with Crippen molar-refractivity contribution >= 4 is 0 Å². The molecule has 0 amide bonds. The van der Waals surface area contributed by atoms with Crippen molar-refractivity contribution in [1.29, 1.82) is 0 Å². The minimum Gasteiger partial charge on any atom is -0.508 e. The molecule has 0 spiro atoms. The third kappa shape index (κ3) is 1.68. The SMILES string of the molecule is C[C@@H]1CCN[C@H]1c1ccc(O)cc1. The Morgan fingerprint density at radius 3 is 2.54 bits per heavy atom. The van der Waals surface area contributed by atoms with Gasteiger partial charge in [0.15, 0.2) is 0 Å². The third-order valence-electron chi connectivity index (χ3n) is 2.79. The van der Waals surface area contributed by atoms with Gasteiger partial charge in [-0.05, 0) is 36.6 Å². The molecule has 1 fully saturated rings. The second-order valence-electron chi connectivity index (χ2n) is 3.79. The molecule has 1 aliphatic heterocycles. The number of phenols is 1. The zero-order valence-corrected chi connectivity index (χ0v) is 7.83. The lowest BCUT2D eigenvalue weighted by Gasteiger charge is -2.15. The van der Waals surface area contributed by atoms with Gasteiger partial charge >= 0.3 is 0 Å². The second kappa shape index (κ2) is 3.38. The third-order valence-corrected chi connectivity index (χ3v) is 2.79. The van der Waals surface area contributed by atoms with E-state index in [1.54, 1.807) is 12.1 Å². The molecule has 1 aromatic carbocycles. The molecule has 1 aromatic rings. The fraction of sp³-hybridized carbons (Fsp3) is 0.455. The first-order chi connectivity index (χ1) is 6.27. The predicted octanol–water partition coefficient (Wildman–Crippen LogP) is 2.06. The molecular formula is C11H15NO. The van der Waals surface area contributed by atoms with Gasteiger partial charge < -0.3 is 10.4 Å². The van der Waals surface area contributed by atoms with Crippen molar-refractivity contribution in [2.24, 2.45) is 5.92 Å². The number of rotatable bonds is 1. The first-order valence-electron chi connectivity index (χ1n) is 4.79. The summed E-state index contributed by atoms with van der Waals surface area (Å²) in [7, 11) is 0. The summed E-state index contributed by atoms with van der Waals surface area (Å²) in [5.41, 5.74) is 1.28. The predicted molar refractivity (Wildman–Crippen MR) is 52.6 cm³/mol. The molecule has 0 unspecified atom stereocenters. The maximum atomic E-state index is 9.14. The molecule has 70 valence electrons. The van der Waals surface area contributed by atoms with E-state index in [0.717, 1.165) is 6.54 Å². The van der Waals surface area contributed by atoms with Crippen LogP contribution in [0.2, 0.25) is 0 Å². The molecule has 1 saturated heterocycles. The van der Waals surface area contributed by atoms with Crippen molar-refractivity contribution in [2.45, 2.75) is 19.4 Å². The lowest BCUT2D eigenvalue weighted by Crippen LogP contribution is -2.16. The van der Waals surface area contributed by atoms with Gasteiger partial charge in [0.1, 0.15) is 5.75 Å². The minimum atomic E-state index is 0.342. The maximum absolute atomic E-state index is 9.14. The molecule has 0 saturated carbocycles. The lowest BCUT2D eigenvalue weighted by atomic mass is 9.96. The van der Waals surface area contributed by atoms with E-state index in [0.29, 0.717) is 17.7 Å². The van der Waals surface area contributed by atoms with Gasteiger partial charge in [0.25, 0.3) is 0 Å². The molecule has 2 N–H and O–H groups in total. The van der Waals surface area contributed by atoms with Crippen molar-refractivity contribution in [2.75, 3.05) is 6.54 Å². The van der Waals surface area contributed by atoms with E-state index in [2.05, 4.69) is 12.2 Å². The number of phenolic OH excluding ortho intramolecular Hbond substituents is 1. The Morgan fingerprint density at radius 2 is 2.00 bits per heavy atom. The van der Waals surface area contributed by atoms with Gasteiger partial charge in [-0.3, -0.25) is 0 Å². The molecule has 0 aliphatic carbocycles. The number of hydrogen-bond donors (Lipinski definition) is 2. The van der Waals surface area contributed by atoms with Crippen molar-refractivity contribution in [1.82, 2.24) is 5.32 Å². The van der Waals surface area contributed by atoms with Crippen LogP contribution in [0, 0.1) is 5.92 Å². The van der Waals surface area contributed by atoms with E-state index in [1.807, 2.05) is 12.1 Å². The summed E-state index contributed by atoms with van der Waals surface area (Å²) in [6.07, 6.45) is 1.24. The second-order valence-corrected chi connectivity index (χ2v) is 3.79. The van der Waals surface area contributed by atoms with Crippen LogP contribution in [-0.4, -0.2) is 11.7 Å². The Morgan fingerprint density at radius 1 is 1.31 bits per heavy atom. The van der Waals surface area contributed by atoms with E-state index >= 15 is 0 Å². The number of aromatic hydroxyl groups is 1. The van der Waals surface area contributed by atoms with Gasteiger partial charge in [-0.15, -0.1) is 0 Å². The summed E-state index contributed by atoms with van der Waals surface area (Å²) in [6, 6.07) is 7.97. The summed E-state index contributed by atoms with van der Waals surface area (Å²) in [4.78, 5) is 0. The topological polar surface area (TPSA) is 32.3 Å². The highest BCUT2D eigenvalue weighted by atomic mass is 16.3. The largest absolute Gasteiger partial charge is 0.508 e. The van der Waals surface area contributed by atoms with Crippen LogP contribution in [0.3, 0.4) is 0 Å². The van der Waals surface area contributed by atoms with Crippen LogP contribution in [-0.2, 0) is 0 Å². The average Bonchev–Trinajstić information content (AvgIpc) is 2.53. The molecule has 1 heterocycles. The maximum Gasteiger partial charge on any atom is 0.115 e. The van der Waals surface area contributed by atoms with Crippen LogP contribution in [0.1, 0.15) is 24.9 Å². The number of benzene rings is 1. The zero-order valence-electron chi connectivity index (χ0n) is 7.83. The van der Waals surface area contributed by atoms with Crippen molar-refractivity contribution in [3.8, 4) is 5.75 Å². The Balaban J connectivity index is 2.20. The Hall–Kier alpha value is -1.02. The highest BCUT2D eigenvalue weighted by molar-refractivity contribution is 5.28. The molecule has 1 aliphatic rings. The normalized spacial score (nSPS) is 27.8. The lowest BCUT2D eigenvalue weighted by molar-refractivity contribution is 0.472. The molecule has 0 aromatic heterocycles. The summed E-state index contributed by atoms with van der Waals surface area (Å²) in [5.74, 6) is 1.04. The van der Waals surface area contributed by atoms with Gasteiger partial charge in [0.2, 0.25) is 0 Å². The van der Waals surface area contributed by atoms with Crippen LogP contribution < -0.4 is 5.32 Å². The van der Waals surface area contributed by atoms with E-state index in [-0.39, 0.29) is 0 Å².